The molecule has 0 aliphatic heterocycles. The normalized spacial score (nSPS) is 14.2. The summed E-state index contributed by atoms with van der Waals surface area (Å²) < 4.78 is 2.73. The molecule has 1 saturated carbocycles. The van der Waals surface area contributed by atoms with Crippen molar-refractivity contribution in [1.29, 1.82) is 0 Å². The molecule has 0 unspecified atom stereocenters. The van der Waals surface area contributed by atoms with Gasteiger partial charge in [0.1, 0.15) is 5.65 Å². The zero-order valence-electron chi connectivity index (χ0n) is 16.2. The molecular weight excluding hydrogens is 372 g/mol. The molecular formula is C20H22N6O3. The molecule has 0 bridgehead atoms. The van der Waals surface area contributed by atoms with E-state index in [9.17, 15) is 14.7 Å². The fourth-order valence-electron chi connectivity index (χ4n) is 3.12. The molecule has 29 heavy (non-hydrogen) atoms. The third-order valence-electron chi connectivity index (χ3n) is 4.61. The number of nitrogens with one attached hydrogen (secondary N) is 1. The molecule has 1 aliphatic carbocycles. The van der Waals surface area contributed by atoms with Gasteiger partial charge in [-0.2, -0.15) is 9.61 Å². The van der Waals surface area contributed by atoms with Gasteiger partial charge in [0.2, 0.25) is 5.88 Å². The summed E-state index contributed by atoms with van der Waals surface area (Å²) in [6.07, 6.45) is 11.6. The lowest BCUT2D eigenvalue weighted by Gasteiger charge is -2.15. The lowest BCUT2D eigenvalue weighted by molar-refractivity contribution is 0.0944. The molecule has 0 spiro atoms. The minimum Gasteiger partial charge on any atom is -0.492 e. The maximum absolute atomic E-state index is 13.2. The van der Waals surface area contributed by atoms with Gasteiger partial charge in [0.25, 0.3) is 11.5 Å². The van der Waals surface area contributed by atoms with E-state index in [2.05, 4.69) is 20.4 Å². The van der Waals surface area contributed by atoms with Crippen LogP contribution in [-0.2, 0) is 6.54 Å². The van der Waals surface area contributed by atoms with Crippen molar-refractivity contribution < 1.29 is 9.90 Å². The Labute approximate surface area is 166 Å². The Kier molecular flexibility index (Phi) is 4.87. The molecule has 0 saturated heterocycles. The number of aromatic hydroxyl groups is 1. The Morgan fingerprint density at radius 2 is 2.10 bits per heavy atom. The first kappa shape index (κ1) is 18.9. The van der Waals surface area contributed by atoms with Crippen LogP contribution in [0.5, 0.6) is 5.88 Å². The van der Waals surface area contributed by atoms with E-state index in [-0.39, 0.29) is 17.5 Å². The van der Waals surface area contributed by atoms with Crippen LogP contribution in [-0.4, -0.2) is 41.2 Å². The number of carbonyl (C=O) groups excluding carboxylic acids is 1. The minimum absolute atomic E-state index is 0.0682. The molecule has 3 heterocycles. The molecule has 0 atom stereocenters. The maximum atomic E-state index is 13.2. The first-order valence-electron chi connectivity index (χ1n) is 9.54. The number of fused-ring (bicyclic) bond motifs is 1. The average molecular weight is 394 g/mol. The summed E-state index contributed by atoms with van der Waals surface area (Å²) in [6, 6.07) is 0.0682. The Bertz CT molecular complexity index is 1140. The topological polar surface area (TPSA) is 114 Å². The van der Waals surface area contributed by atoms with E-state index in [0.717, 1.165) is 12.8 Å². The molecule has 1 fully saturated rings. The molecule has 9 heteroatoms. The predicted molar refractivity (Wildman–Crippen MR) is 107 cm³/mol. The largest absolute Gasteiger partial charge is 0.492 e. The zero-order chi connectivity index (χ0) is 20.5. The van der Waals surface area contributed by atoms with Crippen molar-refractivity contribution in [3.63, 3.8) is 0 Å². The summed E-state index contributed by atoms with van der Waals surface area (Å²) in [7, 11) is 0. The van der Waals surface area contributed by atoms with Crippen LogP contribution in [0.25, 0.3) is 17.8 Å². The molecule has 0 radical (unpaired) electrons. The summed E-state index contributed by atoms with van der Waals surface area (Å²) >= 11 is 0. The van der Waals surface area contributed by atoms with Gasteiger partial charge in [0, 0.05) is 30.5 Å². The third kappa shape index (κ3) is 3.75. The van der Waals surface area contributed by atoms with Gasteiger partial charge in [-0.05, 0) is 30.9 Å². The molecule has 4 rings (SSSR count). The molecule has 1 amide bonds. The minimum atomic E-state index is -0.568. The highest BCUT2D eigenvalue weighted by Gasteiger charge is 2.29. The van der Waals surface area contributed by atoms with Gasteiger partial charge in [-0.25, -0.2) is 0 Å². The summed E-state index contributed by atoms with van der Waals surface area (Å²) in [6.45, 7) is 4.33. The van der Waals surface area contributed by atoms with Gasteiger partial charge < -0.3 is 10.4 Å². The van der Waals surface area contributed by atoms with E-state index in [1.165, 1.54) is 9.08 Å². The number of hydrogen-bond acceptors (Lipinski definition) is 6. The zero-order valence-corrected chi connectivity index (χ0v) is 16.2. The Morgan fingerprint density at radius 3 is 2.76 bits per heavy atom. The van der Waals surface area contributed by atoms with E-state index in [0.29, 0.717) is 23.4 Å². The molecule has 3 aromatic heterocycles. The van der Waals surface area contributed by atoms with Gasteiger partial charge in [0.15, 0.2) is 5.56 Å². The monoisotopic (exact) mass is 394 g/mol. The number of nitrogens with zero attached hydrogens (tertiary/aromatic N) is 5. The highest BCUT2D eigenvalue weighted by atomic mass is 16.3. The number of hydrogen-bond donors (Lipinski definition) is 2. The van der Waals surface area contributed by atoms with Crippen LogP contribution in [0.15, 0.2) is 29.6 Å². The molecule has 2 N–H and O–H groups in total. The summed E-state index contributed by atoms with van der Waals surface area (Å²) in [5.41, 5.74) is 0.880. The second-order valence-corrected chi connectivity index (χ2v) is 7.55. The standard InChI is InChI=1S/C20H22N6O3/c1-12(2)11-25-18-13(3-4-15-10-21-7-8-22-15)9-23-26(18)20(29)16(19(25)28)17(27)24-14-5-6-14/h3-4,7-10,12,14,29H,5-6,11H2,1-2H3,(H,24,27)/b4-3+. The SMILES string of the molecule is CC(C)Cn1c(=O)c(C(=O)NC2CC2)c(O)n2ncc(/C=C/c3cnccn3)c12. The average Bonchev–Trinajstić information content (AvgIpc) is 3.40. The second-order valence-electron chi connectivity index (χ2n) is 7.55. The van der Waals surface area contributed by atoms with E-state index < -0.39 is 17.3 Å². The van der Waals surface area contributed by atoms with Gasteiger partial charge in [-0.15, -0.1) is 0 Å². The lowest BCUT2D eigenvalue weighted by Crippen LogP contribution is -2.36. The number of amides is 1. The van der Waals surface area contributed by atoms with Crippen LogP contribution in [0.2, 0.25) is 0 Å². The quantitative estimate of drug-likeness (QED) is 0.658. The van der Waals surface area contributed by atoms with E-state index in [1.807, 2.05) is 13.8 Å². The highest BCUT2D eigenvalue weighted by Crippen LogP contribution is 2.23. The van der Waals surface area contributed by atoms with Gasteiger partial charge in [0.05, 0.1) is 18.1 Å². The van der Waals surface area contributed by atoms with Crippen molar-refractivity contribution >= 4 is 23.7 Å². The fourth-order valence-corrected chi connectivity index (χ4v) is 3.12. The van der Waals surface area contributed by atoms with Crippen LogP contribution in [0.4, 0.5) is 0 Å². The fraction of sp³-hybridized carbons (Fsp3) is 0.350. The van der Waals surface area contributed by atoms with Crippen LogP contribution >= 0.6 is 0 Å². The lowest BCUT2D eigenvalue weighted by atomic mass is 10.2. The molecule has 0 aromatic carbocycles. The molecule has 150 valence electrons. The smallest absolute Gasteiger partial charge is 0.270 e. The van der Waals surface area contributed by atoms with Crippen molar-refractivity contribution in [1.82, 2.24) is 29.5 Å². The maximum Gasteiger partial charge on any atom is 0.270 e. The van der Waals surface area contributed by atoms with Crippen molar-refractivity contribution in [2.45, 2.75) is 39.3 Å². The van der Waals surface area contributed by atoms with Crippen LogP contribution in [0.3, 0.4) is 0 Å². The van der Waals surface area contributed by atoms with E-state index >= 15 is 0 Å². The Hall–Kier alpha value is -3.49. The number of aromatic nitrogens is 5. The van der Waals surface area contributed by atoms with Gasteiger partial charge in [-0.1, -0.05) is 13.8 Å². The van der Waals surface area contributed by atoms with Crippen LogP contribution in [0.1, 0.15) is 48.3 Å². The van der Waals surface area contributed by atoms with Crippen LogP contribution in [0, 0.1) is 5.92 Å². The first-order chi connectivity index (χ1) is 14.0. The molecule has 3 aromatic rings. The summed E-state index contributed by atoms with van der Waals surface area (Å²) in [5, 5.41) is 17.7. The Balaban J connectivity index is 1.86. The molecule has 9 nitrogen and oxygen atoms in total. The Morgan fingerprint density at radius 1 is 1.31 bits per heavy atom. The van der Waals surface area contributed by atoms with Crippen LogP contribution < -0.4 is 10.9 Å². The number of carbonyl (C=O) groups is 1. The van der Waals surface area contributed by atoms with Crippen molar-refractivity contribution in [3.8, 4) is 5.88 Å². The van der Waals surface area contributed by atoms with Crippen molar-refractivity contribution in [3.05, 3.63) is 52.0 Å². The number of rotatable bonds is 6. The summed E-state index contributed by atoms with van der Waals surface area (Å²) in [5.74, 6) is -0.879. The van der Waals surface area contributed by atoms with Gasteiger partial charge in [-0.3, -0.25) is 24.1 Å². The van der Waals surface area contributed by atoms with Crippen molar-refractivity contribution in [2.75, 3.05) is 0 Å². The highest BCUT2D eigenvalue weighted by molar-refractivity contribution is 5.96. The summed E-state index contributed by atoms with van der Waals surface area (Å²) in [4.78, 5) is 33.9. The first-order valence-corrected chi connectivity index (χ1v) is 9.54. The molecule has 1 aliphatic rings. The van der Waals surface area contributed by atoms with Crippen molar-refractivity contribution in [2.24, 2.45) is 5.92 Å². The van der Waals surface area contributed by atoms with E-state index in [4.69, 9.17) is 0 Å². The predicted octanol–water partition coefficient (Wildman–Crippen LogP) is 1.71. The second kappa shape index (κ2) is 7.50. The van der Waals surface area contributed by atoms with E-state index in [1.54, 1.807) is 36.9 Å². The third-order valence-corrected chi connectivity index (χ3v) is 4.61. The van der Waals surface area contributed by atoms with Gasteiger partial charge >= 0.3 is 0 Å².